The molecule has 0 aromatic heterocycles. The van der Waals surface area contributed by atoms with Crippen molar-refractivity contribution < 1.29 is 0 Å². The van der Waals surface area contributed by atoms with Crippen LogP contribution in [0.3, 0.4) is 0 Å². The molecule has 2 atom stereocenters. The minimum Gasteiger partial charge on any atom is -0.367 e. The van der Waals surface area contributed by atoms with Crippen molar-refractivity contribution >= 4 is 17.4 Å². The molecule has 1 fully saturated rings. The first-order valence-electron chi connectivity index (χ1n) is 6.23. The maximum absolute atomic E-state index is 9.39. The number of rotatable bonds is 2. The number of hydrogen-bond acceptors (Lipinski definition) is 4. The van der Waals surface area contributed by atoms with Gasteiger partial charge in [-0.1, -0.05) is 6.07 Å². The largest absolute Gasteiger partial charge is 0.367 e. The SMILES string of the molecule is CSc1cccc(N2CC(C)NC(C)C2)c1C#N. The van der Waals surface area contributed by atoms with Crippen molar-refractivity contribution in [1.29, 1.82) is 5.26 Å². The van der Waals surface area contributed by atoms with Crippen LogP contribution in [0.25, 0.3) is 0 Å². The maximum atomic E-state index is 9.39. The summed E-state index contributed by atoms with van der Waals surface area (Å²) in [5, 5.41) is 12.9. The summed E-state index contributed by atoms with van der Waals surface area (Å²) in [4.78, 5) is 3.39. The molecule has 4 heteroatoms. The highest BCUT2D eigenvalue weighted by Crippen LogP contribution is 2.29. The van der Waals surface area contributed by atoms with Crippen LogP contribution in [-0.2, 0) is 0 Å². The molecule has 1 aromatic rings. The van der Waals surface area contributed by atoms with E-state index in [2.05, 4.69) is 36.2 Å². The maximum Gasteiger partial charge on any atom is 0.103 e. The van der Waals surface area contributed by atoms with Crippen LogP contribution in [0.5, 0.6) is 0 Å². The molecule has 1 N–H and O–H groups in total. The zero-order valence-corrected chi connectivity index (χ0v) is 11.9. The number of thioether (sulfide) groups is 1. The number of benzene rings is 1. The molecule has 0 radical (unpaired) electrons. The van der Waals surface area contributed by atoms with E-state index in [1.54, 1.807) is 11.8 Å². The third-order valence-electron chi connectivity index (χ3n) is 3.23. The van der Waals surface area contributed by atoms with Gasteiger partial charge in [0, 0.05) is 30.1 Å². The Balaban J connectivity index is 2.36. The van der Waals surface area contributed by atoms with E-state index in [1.807, 2.05) is 18.4 Å². The molecule has 1 saturated heterocycles. The molecular formula is C14H19N3S. The fraction of sp³-hybridized carbons (Fsp3) is 0.500. The number of hydrogen-bond donors (Lipinski definition) is 1. The number of nitriles is 1. The molecule has 0 bridgehead atoms. The van der Waals surface area contributed by atoms with Crippen LogP contribution >= 0.6 is 11.8 Å². The lowest BCUT2D eigenvalue weighted by molar-refractivity contribution is 0.407. The Morgan fingerprint density at radius 1 is 1.33 bits per heavy atom. The fourth-order valence-electron chi connectivity index (χ4n) is 2.59. The summed E-state index contributed by atoms with van der Waals surface area (Å²) in [6.07, 6.45) is 2.02. The minimum absolute atomic E-state index is 0.457. The van der Waals surface area contributed by atoms with Gasteiger partial charge in [-0.15, -0.1) is 11.8 Å². The van der Waals surface area contributed by atoms with Crippen molar-refractivity contribution in [3.8, 4) is 6.07 Å². The Labute approximate surface area is 113 Å². The molecule has 18 heavy (non-hydrogen) atoms. The molecule has 1 aliphatic heterocycles. The van der Waals surface area contributed by atoms with Gasteiger partial charge in [-0.3, -0.25) is 0 Å². The molecular weight excluding hydrogens is 242 g/mol. The van der Waals surface area contributed by atoms with Gasteiger partial charge in [-0.05, 0) is 32.2 Å². The van der Waals surface area contributed by atoms with E-state index in [1.165, 1.54) is 0 Å². The molecule has 0 saturated carbocycles. The van der Waals surface area contributed by atoms with Crippen LogP contribution in [-0.4, -0.2) is 31.4 Å². The average Bonchev–Trinajstić information content (AvgIpc) is 2.36. The van der Waals surface area contributed by atoms with E-state index >= 15 is 0 Å². The number of nitrogens with one attached hydrogen (secondary N) is 1. The minimum atomic E-state index is 0.457. The number of anilines is 1. The molecule has 2 unspecified atom stereocenters. The lowest BCUT2D eigenvalue weighted by atomic mass is 10.1. The van der Waals surface area contributed by atoms with Crippen LogP contribution in [0.1, 0.15) is 19.4 Å². The molecule has 1 heterocycles. The molecule has 0 aliphatic carbocycles. The quantitative estimate of drug-likeness (QED) is 0.830. The third kappa shape index (κ3) is 2.63. The Morgan fingerprint density at radius 2 is 2.00 bits per heavy atom. The highest BCUT2D eigenvalue weighted by Gasteiger charge is 2.23. The van der Waals surface area contributed by atoms with Gasteiger partial charge in [-0.2, -0.15) is 5.26 Å². The van der Waals surface area contributed by atoms with Crippen molar-refractivity contribution in [1.82, 2.24) is 5.32 Å². The van der Waals surface area contributed by atoms with Crippen molar-refractivity contribution in [3.63, 3.8) is 0 Å². The predicted octanol–water partition coefficient (Wildman–Crippen LogP) is 2.47. The Bertz CT molecular complexity index is 457. The Morgan fingerprint density at radius 3 is 2.56 bits per heavy atom. The van der Waals surface area contributed by atoms with E-state index in [4.69, 9.17) is 0 Å². The molecule has 1 aromatic carbocycles. The number of nitrogens with zero attached hydrogens (tertiary/aromatic N) is 2. The summed E-state index contributed by atoms with van der Waals surface area (Å²) in [6, 6.07) is 9.39. The van der Waals surface area contributed by atoms with E-state index in [0.717, 1.165) is 29.2 Å². The summed E-state index contributed by atoms with van der Waals surface area (Å²) in [5.74, 6) is 0. The Kier molecular flexibility index (Phi) is 4.15. The van der Waals surface area contributed by atoms with Crippen molar-refractivity contribution in [2.45, 2.75) is 30.8 Å². The van der Waals surface area contributed by atoms with E-state index in [-0.39, 0.29) is 0 Å². The zero-order chi connectivity index (χ0) is 13.1. The van der Waals surface area contributed by atoms with Gasteiger partial charge in [0.15, 0.2) is 0 Å². The van der Waals surface area contributed by atoms with Gasteiger partial charge in [-0.25, -0.2) is 0 Å². The number of piperazine rings is 1. The van der Waals surface area contributed by atoms with Gasteiger partial charge < -0.3 is 10.2 Å². The smallest absolute Gasteiger partial charge is 0.103 e. The highest BCUT2D eigenvalue weighted by molar-refractivity contribution is 7.98. The summed E-state index contributed by atoms with van der Waals surface area (Å²) >= 11 is 1.63. The molecule has 2 rings (SSSR count). The van der Waals surface area contributed by atoms with Crippen molar-refractivity contribution in [3.05, 3.63) is 23.8 Å². The first kappa shape index (κ1) is 13.3. The van der Waals surface area contributed by atoms with Crippen LogP contribution in [0.4, 0.5) is 5.69 Å². The van der Waals surface area contributed by atoms with Crippen LogP contribution in [0.15, 0.2) is 23.1 Å². The fourth-order valence-corrected chi connectivity index (χ4v) is 3.16. The summed E-state index contributed by atoms with van der Waals surface area (Å²) in [6.45, 7) is 6.29. The standard InChI is InChI=1S/C14H19N3S/c1-10-8-17(9-11(2)16-10)13-5-4-6-14(18-3)12(13)7-15/h4-6,10-11,16H,8-9H2,1-3H3. The van der Waals surface area contributed by atoms with Crippen LogP contribution in [0.2, 0.25) is 0 Å². The molecule has 1 aliphatic rings. The van der Waals surface area contributed by atoms with Gasteiger partial charge in [0.05, 0.1) is 11.3 Å². The second kappa shape index (κ2) is 5.64. The first-order chi connectivity index (χ1) is 8.65. The average molecular weight is 261 g/mol. The highest BCUT2D eigenvalue weighted by atomic mass is 32.2. The predicted molar refractivity (Wildman–Crippen MR) is 77.2 cm³/mol. The lowest BCUT2D eigenvalue weighted by Gasteiger charge is -2.38. The van der Waals surface area contributed by atoms with Gasteiger partial charge in [0.2, 0.25) is 0 Å². The van der Waals surface area contributed by atoms with Crippen molar-refractivity contribution in [2.24, 2.45) is 0 Å². The van der Waals surface area contributed by atoms with Crippen molar-refractivity contribution in [2.75, 3.05) is 24.2 Å². The summed E-state index contributed by atoms with van der Waals surface area (Å²) in [5.41, 5.74) is 1.89. The van der Waals surface area contributed by atoms with Crippen LogP contribution in [0, 0.1) is 11.3 Å². The van der Waals surface area contributed by atoms with E-state index in [9.17, 15) is 5.26 Å². The topological polar surface area (TPSA) is 39.1 Å². The van der Waals surface area contributed by atoms with E-state index in [0.29, 0.717) is 12.1 Å². The first-order valence-corrected chi connectivity index (χ1v) is 7.46. The second-order valence-electron chi connectivity index (χ2n) is 4.84. The van der Waals surface area contributed by atoms with Gasteiger partial charge in [0.1, 0.15) is 6.07 Å². The van der Waals surface area contributed by atoms with Gasteiger partial charge in [0.25, 0.3) is 0 Å². The Hall–Kier alpha value is -1.18. The van der Waals surface area contributed by atoms with Crippen LogP contribution < -0.4 is 10.2 Å². The monoisotopic (exact) mass is 261 g/mol. The molecule has 96 valence electrons. The summed E-state index contributed by atoms with van der Waals surface area (Å²) in [7, 11) is 0. The van der Waals surface area contributed by atoms with Gasteiger partial charge >= 0.3 is 0 Å². The molecule has 3 nitrogen and oxygen atoms in total. The third-order valence-corrected chi connectivity index (χ3v) is 4.01. The summed E-state index contributed by atoms with van der Waals surface area (Å²) < 4.78 is 0. The lowest BCUT2D eigenvalue weighted by Crippen LogP contribution is -2.54. The molecule has 0 amide bonds. The second-order valence-corrected chi connectivity index (χ2v) is 5.69. The molecule has 0 spiro atoms. The zero-order valence-electron chi connectivity index (χ0n) is 11.1. The normalized spacial score (nSPS) is 23.8. The van der Waals surface area contributed by atoms with E-state index < -0.39 is 0 Å².